The third kappa shape index (κ3) is 4.02. The van der Waals surface area contributed by atoms with Gasteiger partial charge in [0, 0.05) is 23.6 Å². The van der Waals surface area contributed by atoms with Crippen LogP contribution in [0.5, 0.6) is 5.75 Å². The second kappa shape index (κ2) is 7.91. The molecule has 1 fully saturated rings. The lowest BCUT2D eigenvalue weighted by molar-refractivity contribution is -0.146. The molecule has 0 radical (unpaired) electrons. The van der Waals surface area contributed by atoms with Gasteiger partial charge < -0.3 is 14.7 Å². The molecule has 1 aromatic carbocycles. The summed E-state index contributed by atoms with van der Waals surface area (Å²) in [5, 5.41) is 14.2. The van der Waals surface area contributed by atoms with Gasteiger partial charge in [0.15, 0.2) is 11.4 Å². The zero-order valence-electron chi connectivity index (χ0n) is 14.6. The summed E-state index contributed by atoms with van der Waals surface area (Å²) in [6.45, 7) is 0.620. The van der Waals surface area contributed by atoms with E-state index in [1.165, 1.54) is 12.0 Å². The maximum absolute atomic E-state index is 12.9. The van der Waals surface area contributed by atoms with Crippen LogP contribution in [-0.4, -0.2) is 51.9 Å². The molecule has 1 saturated heterocycles. The molecule has 3 rings (SSSR count). The summed E-state index contributed by atoms with van der Waals surface area (Å²) in [4.78, 5) is 38.3. The summed E-state index contributed by atoms with van der Waals surface area (Å²) in [6, 6.07) is 7.77. The molecule has 27 heavy (non-hydrogen) atoms. The molecule has 1 unspecified atom stereocenters. The summed E-state index contributed by atoms with van der Waals surface area (Å²) in [5.74, 6) is -1.80. The van der Waals surface area contributed by atoms with Gasteiger partial charge in [-0.2, -0.15) is 9.78 Å². The van der Waals surface area contributed by atoms with Crippen molar-refractivity contribution in [2.75, 3.05) is 20.2 Å². The number of carbonyl (C=O) groups is 2. The number of ether oxygens (including phenoxy) is 1. The van der Waals surface area contributed by atoms with Crippen molar-refractivity contribution in [1.29, 1.82) is 0 Å². The van der Waals surface area contributed by atoms with Crippen LogP contribution in [0.25, 0.3) is 5.69 Å². The van der Waals surface area contributed by atoms with Gasteiger partial charge in [0.25, 0.3) is 11.5 Å². The molecule has 0 saturated carbocycles. The van der Waals surface area contributed by atoms with Gasteiger partial charge in [0.05, 0.1) is 18.7 Å². The molecular formula is C18H18BrN3O5. The van der Waals surface area contributed by atoms with Crippen LogP contribution in [0.3, 0.4) is 0 Å². The Morgan fingerprint density at radius 2 is 2.00 bits per heavy atom. The number of methoxy groups -OCH3 is 1. The average molecular weight is 436 g/mol. The number of aromatic hydroxyl groups is 1. The number of aromatic nitrogens is 2. The van der Waals surface area contributed by atoms with Crippen LogP contribution in [0.2, 0.25) is 0 Å². The van der Waals surface area contributed by atoms with Crippen molar-refractivity contribution in [3.8, 4) is 11.4 Å². The minimum absolute atomic E-state index is 0.185. The minimum Gasteiger partial charge on any atom is -0.505 e. The summed E-state index contributed by atoms with van der Waals surface area (Å²) in [6.07, 6.45) is 1.27. The molecule has 1 N–H and O–H groups in total. The molecule has 1 amide bonds. The van der Waals surface area contributed by atoms with Crippen molar-refractivity contribution in [3.63, 3.8) is 0 Å². The van der Waals surface area contributed by atoms with Gasteiger partial charge in [-0.15, -0.1) is 0 Å². The number of halogens is 1. The summed E-state index contributed by atoms with van der Waals surface area (Å²) in [7, 11) is 1.31. The van der Waals surface area contributed by atoms with Crippen LogP contribution in [0.4, 0.5) is 0 Å². The minimum atomic E-state index is -0.558. The fourth-order valence-corrected chi connectivity index (χ4v) is 3.30. The number of amides is 1. The van der Waals surface area contributed by atoms with Crippen molar-refractivity contribution in [3.05, 3.63) is 50.9 Å². The molecule has 1 atom stereocenters. The van der Waals surface area contributed by atoms with E-state index < -0.39 is 23.1 Å². The number of benzene rings is 1. The molecular weight excluding hydrogens is 418 g/mol. The van der Waals surface area contributed by atoms with Crippen molar-refractivity contribution in [2.45, 2.75) is 12.8 Å². The van der Waals surface area contributed by atoms with Gasteiger partial charge in [-0.1, -0.05) is 15.9 Å². The maximum atomic E-state index is 12.9. The predicted molar refractivity (Wildman–Crippen MR) is 99.8 cm³/mol. The van der Waals surface area contributed by atoms with Crippen LogP contribution >= 0.6 is 15.9 Å². The number of likely N-dealkylation sites (tertiary alicyclic amines) is 1. The van der Waals surface area contributed by atoms with Gasteiger partial charge in [-0.25, -0.2) is 0 Å². The van der Waals surface area contributed by atoms with Crippen LogP contribution in [0.1, 0.15) is 23.3 Å². The molecule has 0 spiro atoms. The summed E-state index contributed by atoms with van der Waals surface area (Å²) in [5.41, 5.74) is -0.330. The first-order valence-corrected chi connectivity index (χ1v) is 9.16. The second-order valence-electron chi connectivity index (χ2n) is 6.22. The van der Waals surface area contributed by atoms with E-state index in [2.05, 4.69) is 21.0 Å². The van der Waals surface area contributed by atoms with Crippen LogP contribution in [0.15, 0.2) is 39.6 Å². The molecule has 142 valence electrons. The first-order valence-electron chi connectivity index (χ1n) is 8.37. The fourth-order valence-electron chi connectivity index (χ4n) is 3.04. The Balaban J connectivity index is 1.93. The molecule has 1 aliphatic heterocycles. The lowest BCUT2D eigenvalue weighted by atomic mass is 9.98. The normalized spacial score (nSPS) is 16.8. The van der Waals surface area contributed by atoms with Crippen molar-refractivity contribution >= 4 is 27.8 Å². The van der Waals surface area contributed by atoms with E-state index in [4.69, 9.17) is 4.74 Å². The Kier molecular flexibility index (Phi) is 5.59. The lowest BCUT2D eigenvalue weighted by Gasteiger charge is -2.31. The zero-order valence-corrected chi connectivity index (χ0v) is 16.2. The van der Waals surface area contributed by atoms with E-state index in [0.29, 0.717) is 25.1 Å². The van der Waals surface area contributed by atoms with Gasteiger partial charge in [-0.3, -0.25) is 14.4 Å². The first-order chi connectivity index (χ1) is 12.9. The topological polar surface area (TPSA) is 102 Å². The summed E-state index contributed by atoms with van der Waals surface area (Å²) < 4.78 is 6.65. The van der Waals surface area contributed by atoms with Gasteiger partial charge in [0.2, 0.25) is 0 Å². The Hall–Kier alpha value is -2.68. The van der Waals surface area contributed by atoms with E-state index in [9.17, 15) is 19.5 Å². The van der Waals surface area contributed by atoms with Crippen molar-refractivity contribution in [2.24, 2.45) is 5.92 Å². The zero-order chi connectivity index (χ0) is 19.6. The van der Waals surface area contributed by atoms with Gasteiger partial charge >= 0.3 is 5.97 Å². The molecule has 2 heterocycles. The number of hydrogen-bond acceptors (Lipinski definition) is 6. The predicted octanol–water partition coefficient (Wildman–Crippen LogP) is 1.73. The largest absolute Gasteiger partial charge is 0.505 e. The van der Waals surface area contributed by atoms with E-state index in [1.54, 1.807) is 24.3 Å². The van der Waals surface area contributed by atoms with Gasteiger partial charge in [-0.05, 0) is 37.1 Å². The highest BCUT2D eigenvalue weighted by molar-refractivity contribution is 9.10. The van der Waals surface area contributed by atoms with E-state index in [-0.39, 0.29) is 18.2 Å². The molecule has 1 aromatic heterocycles. The highest BCUT2D eigenvalue weighted by Gasteiger charge is 2.31. The smallest absolute Gasteiger partial charge is 0.310 e. The van der Waals surface area contributed by atoms with Crippen LogP contribution in [0, 0.1) is 5.92 Å². The van der Waals surface area contributed by atoms with Crippen molar-refractivity contribution in [1.82, 2.24) is 14.7 Å². The molecule has 9 heteroatoms. The maximum Gasteiger partial charge on any atom is 0.310 e. The highest BCUT2D eigenvalue weighted by Crippen LogP contribution is 2.22. The SMILES string of the molecule is COC(=O)C1CCCN(C(=O)c2nn(-c3ccc(Br)cc3)c(=O)cc2O)C1. The van der Waals surface area contributed by atoms with E-state index in [1.807, 2.05) is 0 Å². The third-order valence-electron chi connectivity index (χ3n) is 4.43. The Morgan fingerprint density at radius 3 is 2.67 bits per heavy atom. The second-order valence-corrected chi connectivity index (χ2v) is 7.13. The molecule has 0 aliphatic carbocycles. The Bertz CT molecular complexity index is 926. The Morgan fingerprint density at radius 1 is 1.30 bits per heavy atom. The number of rotatable bonds is 3. The average Bonchev–Trinajstić information content (AvgIpc) is 2.68. The fraction of sp³-hybridized carbons (Fsp3) is 0.333. The summed E-state index contributed by atoms with van der Waals surface area (Å²) >= 11 is 3.31. The number of hydrogen-bond donors (Lipinski definition) is 1. The number of piperidine rings is 1. The molecule has 1 aliphatic rings. The number of carbonyl (C=O) groups excluding carboxylic acids is 2. The van der Waals surface area contributed by atoms with E-state index in [0.717, 1.165) is 15.2 Å². The molecule has 8 nitrogen and oxygen atoms in total. The Labute approximate surface area is 163 Å². The monoisotopic (exact) mass is 435 g/mol. The van der Waals surface area contributed by atoms with Crippen molar-refractivity contribution < 1.29 is 19.4 Å². The van der Waals surface area contributed by atoms with Crippen LogP contribution in [-0.2, 0) is 9.53 Å². The highest BCUT2D eigenvalue weighted by atomic mass is 79.9. The standard InChI is InChI=1S/C18H18BrN3O5/c1-27-18(26)11-3-2-8-21(10-11)17(25)16-14(23)9-15(24)22(20-16)13-6-4-12(19)5-7-13/h4-7,9,11,23H,2-3,8,10H2,1H3. The number of esters is 1. The first kappa shape index (κ1) is 19.1. The quantitative estimate of drug-likeness (QED) is 0.736. The third-order valence-corrected chi connectivity index (χ3v) is 4.96. The van der Waals surface area contributed by atoms with E-state index >= 15 is 0 Å². The number of nitrogens with zero attached hydrogens (tertiary/aromatic N) is 3. The van der Waals surface area contributed by atoms with Gasteiger partial charge in [0.1, 0.15) is 0 Å². The van der Waals surface area contributed by atoms with Crippen LogP contribution < -0.4 is 5.56 Å². The molecule has 2 aromatic rings. The lowest BCUT2D eigenvalue weighted by Crippen LogP contribution is -2.43. The molecule has 0 bridgehead atoms.